The number of nitrogens with two attached hydrogens (primary N) is 1. The molecule has 1 rings (SSSR count). The summed E-state index contributed by atoms with van der Waals surface area (Å²) in [5, 5.41) is 0. The molecule has 16 heavy (non-hydrogen) atoms. The highest BCUT2D eigenvalue weighted by Gasteiger charge is 2.28. The number of hydrogen-bond acceptors (Lipinski definition) is 4. The third-order valence-corrected chi connectivity index (χ3v) is 5.89. The van der Waals surface area contributed by atoms with E-state index in [0.717, 1.165) is 0 Å². The molecule has 2 N–H and O–H groups in total. The number of sulfone groups is 1. The lowest BCUT2D eigenvalue weighted by Gasteiger charge is -2.08. The topological polar surface area (TPSA) is 77.2 Å². The number of anilines is 1. The van der Waals surface area contributed by atoms with Gasteiger partial charge in [0, 0.05) is 17.0 Å². The molecular weight excluding hydrogens is 294 g/mol. The van der Waals surface area contributed by atoms with E-state index >= 15 is 0 Å². The largest absolute Gasteiger partial charge is 0.399 e. The summed E-state index contributed by atoms with van der Waals surface area (Å²) in [4.78, 5) is 11.8. The maximum absolute atomic E-state index is 11.8. The van der Waals surface area contributed by atoms with Crippen LogP contribution in [0.15, 0.2) is 24.3 Å². The summed E-state index contributed by atoms with van der Waals surface area (Å²) in [6.45, 7) is 1.50. The fourth-order valence-corrected chi connectivity index (χ4v) is 2.90. The fourth-order valence-electron chi connectivity index (χ4n) is 1.09. The van der Waals surface area contributed by atoms with Crippen molar-refractivity contribution < 1.29 is 13.2 Å². The molecule has 4 nitrogen and oxygen atoms in total. The number of benzene rings is 1. The standard InChI is InChI=1S/C10H12BrNO3S/c1-2-16(14,15)10(11)9(13)7-3-5-8(12)6-4-7/h3-6,10H,2,12H2,1H3. The molecule has 88 valence electrons. The van der Waals surface area contributed by atoms with Gasteiger partial charge in [-0.1, -0.05) is 22.9 Å². The zero-order valence-corrected chi connectivity index (χ0v) is 11.1. The SMILES string of the molecule is CCS(=O)(=O)C(Br)C(=O)c1ccc(N)cc1. The van der Waals surface area contributed by atoms with E-state index in [2.05, 4.69) is 15.9 Å². The zero-order chi connectivity index (χ0) is 12.3. The molecule has 1 atom stereocenters. The van der Waals surface area contributed by atoms with E-state index in [0.29, 0.717) is 11.3 Å². The Bertz CT molecular complexity index is 481. The number of carbonyl (C=O) groups is 1. The first kappa shape index (κ1) is 13.2. The first-order chi connectivity index (χ1) is 7.38. The molecule has 1 aromatic rings. The highest BCUT2D eigenvalue weighted by Crippen LogP contribution is 2.17. The number of nitrogen functional groups attached to an aromatic ring is 1. The minimum Gasteiger partial charge on any atom is -0.399 e. The molecular formula is C10H12BrNO3S. The van der Waals surface area contributed by atoms with Gasteiger partial charge in [0.2, 0.25) is 0 Å². The van der Waals surface area contributed by atoms with Gasteiger partial charge in [-0.25, -0.2) is 8.42 Å². The molecule has 0 bridgehead atoms. The van der Waals surface area contributed by atoms with Crippen molar-refractivity contribution in [1.82, 2.24) is 0 Å². The van der Waals surface area contributed by atoms with Crippen LogP contribution in [-0.2, 0) is 9.84 Å². The lowest BCUT2D eigenvalue weighted by atomic mass is 10.1. The molecule has 0 radical (unpaired) electrons. The summed E-state index contributed by atoms with van der Waals surface area (Å²) < 4.78 is 21.8. The molecule has 0 saturated carbocycles. The summed E-state index contributed by atoms with van der Waals surface area (Å²) in [5.74, 6) is -0.550. The Morgan fingerprint density at radius 3 is 2.31 bits per heavy atom. The second kappa shape index (κ2) is 4.97. The predicted octanol–water partition coefficient (Wildman–Crippen LogP) is 1.61. The monoisotopic (exact) mass is 305 g/mol. The summed E-state index contributed by atoms with van der Waals surface area (Å²) in [6, 6.07) is 6.14. The maximum atomic E-state index is 11.8. The molecule has 0 spiro atoms. The van der Waals surface area contributed by atoms with E-state index in [-0.39, 0.29) is 5.75 Å². The molecule has 0 fully saturated rings. The van der Waals surface area contributed by atoms with Gasteiger partial charge in [-0.2, -0.15) is 0 Å². The van der Waals surface area contributed by atoms with Crippen molar-refractivity contribution in [2.75, 3.05) is 11.5 Å². The van der Waals surface area contributed by atoms with Gasteiger partial charge in [0.25, 0.3) is 0 Å². The third kappa shape index (κ3) is 2.82. The van der Waals surface area contributed by atoms with Crippen LogP contribution in [0.3, 0.4) is 0 Å². The average Bonchev–Trinajstić information content (AvgIpc) is 2.28. The van der Waals surface area contributed by atoms with Gasteiger partial charge in [0.1, 0.15) is 0 Å². The number of halogens is 1. The minimum absolute atomic E-state index is 0.0797. The number of ketones is 1. The molecule has 0 aliphatic heterocycles. The third-order valence-electron chi connectivity index (χ3n) is 2.12. The Labute approximate surface area is 103 Å². The highest BCUT2D eigenvalue weighted by atomic mass is 79.9. The van der Waals surface area contributed by atoms with Gasteiger partial charge < -0.3 is 5.73 Å². The van der Waals surface area contributed by atoms with Crippen molar-refractivity contribution >= 4 is 37.2 Å². The van der Waals surface area contributed by atoms with E-state index in [9.17, 15) is 13.2 Å². The molecule has 1 unspecified atom stereocenters. The van der Waals surface area contributed by atoms with Gasteiger partial charge in [0.05, 0.1) is 0 Å². The van der Waals surface area contributed by atoms with E-state index in [1.807, 2.05) is 0 Å². The molecule has 0 saturated heterocycles. The van der Waals surface area contributed by atoms with Crippen molar-refractivity contribution in [1.29, 1.82) is 0 Å². The van der Waals surface area contributed by atoms with Gasteiger partial charge in [-0.05, 0) is 24.3 Å². The van der Waals surface area contributed by atoms with Crippen LogP contribution >= 0.6 is 15.9 Å². The van der Waals surface area contributed by atoms with Gasteiger partial charge >= 0.3 is 0 Å². The summed E-state index contributed by atoms with van der Waals surface area (Å²) in [5.41, 5.74) is 6.33. The fraction of sp³-hybridized carbons (Fsp3) is 0.300. The second-order valence-electron chi connectivity index (χ2n) is 3.25. The van der Waals surface area contributed by atoms with E-state index in [4.69, 9.17) is 5.73 Å². The first-order valence-corrected chi connectivity index (χ1v) is 7.27. The van der Waals surface area contributed by atoms with Crippen LogP contribution < -0.4 is 5.73 Å². The average molecular weight is 306 g/mol. The zero-order valence-electron chi connectivity index (χ0n) is 8.68. The lowest BCUT2D eigenvalue weighted by Crippen LogP contribution is -2.26. The molecule has 0 aliphatic carbocycles. The molecule has 1 aromatic carbocycles. The number of rotatable bonds is 4. The molecule has 0 heterocycles. The van der Waals surface area contributed by atoms with Crippen LogP contribution in [0.25, 0.3) is 0 Å². The van der Waals surface area contributed by atoms with Crippen LogP contribution in [0.4, 0.5) is 5.69 Å². The Kier molecular flexibility index (Phi) is 4.09. The Morgan fingerprint density at radius 1 is 1.38 bits per heavy atom. The normalized spacial score (nSPS) is 13.4. The quantitative estimate of drug-likeness (QED) is 0.521. The van der Waals surface area contributed by atoms with E-state index < -0.39 is 19.8 Å². The Morgan fingerprint density at radius 2 is 1.88 bits per heavy atom. The Hall–Kier alpha value is -0.880. The van der Waals surface area contributed by atoms with Gasteiger partial charge in [0.15, 0.2) is 19.8 Å². The van der Waals surface area contributed by atoms with Crippen LogP contribution in [-0.4, -0.2) is 24.1 Å². The van der Waals surface area contributed by atoms with Crippen LogP contribution in [0.5, 0.6) is 0 Å². The van der Waals surface area contributed by atoms with Crippen molar-refractivity contribution in [2.45, 2.75) is 11.1 Å². The van der Waals surface area contributed by atoms with Crippen molar-refractivity contribution in [2.24, 2.45) is 0 Å². The summed E-state index contributed by atoms with van der Waals surface area (Å²) >= 11 is 2.91. The predicted molar refractivity (Wildman–Crippen MR) is 67.4 cm³/mol. The van der Waals surface area contributed by atoms with Crippen LogP contribution in [0, 0.1) is 0 Å². The smallest absolute Gasteiger partial charge is 0.191 e. The Balaban J connectivity index is 2.99. The minimum atomic E-state index is -3.42. The maximum Gasteiger partial charge on any atom is 0.191 e. The van der Waals surface area contributed by atoms with Gasteiger partial charge in [-0.3, -0.25) is 4.79 Å². The molecule has 6 heteroatoms. The van der Waals surface area contributed by atoms with Crippen molar-refractivity contribution in [3.05, 3.63) is 29.8 Å². The number of carbonyl (C=O) groups excluding carboxylic acids is 1. The first-order valence-electron chi connectivity index (χ1n) is 4.64. The summed E-state index contributed by atoms with van der Waals surface area (Å²) in [6.07, 6.45) is 0. The van der Waals surface area contributed by atoms with Crippen molar-refractivity contribution in [3.63, 3.8) is 0 Å². The van der Waals surface area contributed by atoms with Crippen molar-refractivity contribution in [3.8, 4) is 0 Å². The number of alkyl halides is 1. The molecule has 0 aliphatic rings. The highest BCUT2D eigenvalue weighted by molar-refractivity contribution is 9.11. The lowest BCUT2D eigenvalue weighted by molar-refractivity contribution is 0.101. The number of hydrogen-bond donors (Lipinski definition) is 1. The number of Topliss-reactive ketones (excluding diaryl/α,β-unsaturated/α-hetero) is 1. The second-order valence-corrected chi connectivity index (χ2v) is 7.15. The summed E-state index contributed by atoms with van der Waals surface area (Å²) in [7, 11) is -3.42. The van der Waals surface area contributed by atoms with E-state index in [1.165, 1.54) is 19.1 Å². The van der Waals surface area contributed by atoms with E-state index in [1.54, 1.807) is 12.1 Å². The van der Waals surface area contributed by atoms with Gasteiger partial charge in [-0.15, -0.1) is 0 Å². The van der Waals surface area contributed by atoms with Crippen LogP contribution in [0.2, 0.25) is 0 Å². The molecule has 0 amide bonds. The molecule has 0 aromatic heterocycles. The van der Waals surface area contributed by atoms with Crippen LogP contribution in [0.1, 0.15) is 17.3 Å².